The summed E-state index contributed by atoms with van der Waals surface area (Å²) >= 11 is 11.8. The molecular weight excluding hydrogens is 323 g/mol. The van der Waals surface area contributed by atoms with Crippen molar-refractivity contribution in [3.05, 3.63) is 40.4 Å². The topological polar surface area (TPSA) is 50.7 Å². The monoisotopic (exact) mass is 338 g/mol. The summed E-state index contributed by atoms with van der Waals surface area (Å²) in [6.45, 7) is 1.65. The van der Waals surface area contributed by atoms with Crippen LogP contribution in [0.1, 0.15) is 19.8 Å². The van der Waals surface area contributed by atoms with Crippen molar-refractivity contribution in [3.8, 4) is 5.75 Å². The van der Waals surface area contributed by atoms with Crippen LogP contribution in [0.25, 0.3) is 0 Å². The molecule has 3 rings (SSSR count). The van der Waals surface area contributed by atoms with Crippen LogP contribution in [-0.4, -0.2) is 17.7 Å². The van der Waals surface area contributed by atoms with Gasteiger partial charge in [-0.3, -0.25) is 4.79 Å². The molecule has 2 aliphatic rings. The zero-order chi connectivity index (χ0) is 15.7. The summed E-state index contributed by atoms with van der Waals surface area (Å²) in [7, 11) is 0. The Labute approximate surface area is 139 Å². The number of halogens is 2. The highest BCUT2D eigenvalue weighted by Crippen LogP contribution is 2.40. The number of allylic oxidation sites excluding steroid dienone is 2. The molecule has 1 aromatic carbocycles. The minimum atomic E-state index is -0.694. The molecule has 1 fully saturated rings. The molecule has 1 aromatic rings. The fourth-order valence-electron chi connectivity index (χ4n) is 2.70. The van der Waals surface area contributed by atoms with Gasteiger partial charge >= 0.3 is 0 Å². The van der Waals surface area contributed by atoms with Gasteiger partial charge in [-0.05, 0) is 43.9 Å². The lowest BCUT2D eigenvalue weighted by Gasteiger charge is -2.31. The van der Waals surface area contributed by atoms with Gasteiger partial charge in [0.2, 0.25) is 0 Å². The molecule has 2 aliphatic carbocycles. The number of hydrazone groups is 1. The maximum atomic E-state index is 12.0. The van der Waals surface area contributed by atoms with Crippen molar-refractivity contribution in [2.45, 2.75) is 25.9 Å². The maximum Gasteiger partial charge on any atom is 0.280 e. The molecule has 0 aromatic heterocycles. The molecule has 116 valence electrons. The van der Waals surface area contributed by atoms with E-state index in [9.17, 15) is 4.79 Å². The van der Waals surface area contributed by atoms with Gasteiger partial charge in [0, 0.05) is 16.7 Å². The van der Waals surface area contributed by atoms with Gasteiger partial charge in [0.25, 0.3) is 5.91 Å². The van der Waals surface area contributed by atoms with E-state index in [1.54, 1.807) is 25.1 Å². The van der Waals surface area contributed by atoms with Crippen LogP contribution in [0.15, 0.2) is 35.5 Å². The number of carbonyl (C=O) groups is 1. The Morgan fingerprint density at radius 3 is 3.00 bits per heavy atom. The molecule has 0 radical (unpaired) electrons. The first-order chi connectivity index (χ1) is 10.5. The highest BCUT2D eigenvalue weighted by molar-refractivity contribution is 6.35. The number of fused-ring (bicyclic) bond motifs is 1. The minimum absolute atomic E-state index is 0.298. The average Bonchev–Trinajstić information content (AvgIpc) is 2.83. The SMILES string of the molecule is CC(Oc1ccc(Cl)cc1Cl)C(=O)NN=C1CC2C=CCC12. The third-order valence-corrected chi connectivity index (χ3v) is 4.57. The molecule has 0 saturated heterocycles. The summed E-state index contributed by atoms with van der Waals surface area (Å²) in [4.78, 5) is 12.0. The summed E-state index contributed by atoms with van der Waals surface area (Å²) in [5.41, 5.74) is 3.63. The number of hydrogen-bond acceptors (Lipinski definition) is 3. The normalized spacial score (nSPS) is 25.5. The zero-order valence-electron chi connectivity index (χ0n) is 12.1. The Balaban J connectivity index is 1.55. The van der Waals surface area contributed by atoms with Crippen LogP contribution >= 0.6 is 23.2 Å². The molecule has 0 heterocycles. The van der Waals surface area contributed by atoms with E-state index in [0.717, 1.165) is 18.6 Å². The first kappa shape index (κ1) is 15.4. The van der Waals surface area contributed by atoms with Crippen LogP contribution in [0, 0.1) is 11.8 Å². The van der Waals surface area contributed by atoms with Crippen LogP contribution < -0.4 is 10.2 Å². The predicted octanol–water partition coefficient (Wildman–Crippen LogP) is 3.83. The quantitative estimate of drug-likeness (QED) is 0.670. The number of ether oxygens (including phenoxy) is 1. The molecule has 3 unspecified atom stereocenters. The third kappa shape index (κ3) is 3.13. The van der Waals surface area contributed by atoms with Crippen LogP contribution in [0.3, 0.4) is 0 Å². The summed E-state index contributed by atoms with van der Waals surface area (Å²) < 4.78 is 5.55. The summed E-state index contributed by atoms with van der Waals surface area (Å²) in [5.74, 6) is 1.21. The maximum absolute atomic E-state index is 12.0. The Hall–Kier alpha value is -1.52. The van der Waals surface area contributed by atoms with Crippen molar-refractivity contribution in [2.24, 2.45) is 16.9 Å². The Bertz CT molecular complexity index is 658. The first-order valence-electron chi connectivity index (χ1n) is 7.19. The van der Waals surface area contributed by atoms with Gasteiger partial charge < -0.3 is 4.74 Å². The van der Waals surface area contributed by atoms with Crippen molar-refractivity contribution < 1.29 is 9.53 Å². The van der Waals surface area contributed by atoms with E-state index >= 15 is 0 Å². The van der Waals surface area contributed by atoms with Crippen molar-refractivity contribution in [1.82, 2.24) is 5.43 Å². The highest BCUT2D eigenvalue weighted by atomic mass is 35.5. The fraction of sp³-hybridized carbons (Fsp3) is 0.375. The largest absolute Gasteiger partial charge is 0.479 e. The lowest BCUT2D eigenvalue weighted by molar-refractivity contribution is -0.127. The van der Waals surface area contributed by atoms with E-state index in [1.807, 2.05) is 0 Å². The van der Waals surface area contributed by atoms with Crippen LogP contribution in [0.2, 0.25) is 10.0 Å². The van der Waals surface area contributed by atoms with Crippen LogP contribution in [0.5, 0.6) is 5.75 Å². The minimum Gasteiger partial charge on any atom is -0.479 e. The molecule has 4 nitrogen and oxygen atoms in total. The fourth-order valence-corrected chi connectivity index (χ4v) is 3.15. The first-order valence-corrected chi connectivity index (χ1v) is 7.95. The second-order valence-corrected chi connectivity index (χ2v) is 6.40. The molecule has 0 bridgehead atoms. The third-order valence-electron chi connectivity index (χ3n) is 4.04. The number of nitrogens with zero attached hydrogens (tertiary/aromatic N) is 1. The van der Waals surface area contributed by atoms with Gasteiger partial charge in [-0.2, -0.15) is 5.10 Å². The highest BCUT2D eigenvalue weighted by Gasteiger charge is 2.38. The van der Waals surface area contributed by atoms with Crippen LogP contribution in [-0.2, 0) is 4.79 Å². The van der Waals surface area contributed by atoms with Gasteiger partial charge in [-0.15, -0.1) is 0 Å². The molecule has 3 atom stereocenters. The molecule has 1 amide bonds. The van der Waals surface area contributed by atoms with E-state index in [0.29, 0.717) is 27.6 Å². The number of carbonyl (C=O) groups excluding carboxylic acids is 1. The number of rotatable bonds is 4. The van der Waals surface area contributed by atoms with E-state index in [1.165, 1.54) is 0 Å². The van der Waals surface area contributed by atoms with E-state index in [2.05, 4.69) is 22.7 Å². The number of hydrogen-bond donors (Lipinski definition) is 1. The van der Waals surface area contributed by atoms with Crippen molar-refractivity contribution >= 4 is 34.8 Å². The average molecular weight is 339 g/mol. The number of nitrogens with one attached hydrogen (secondary N) is 1. The van der Waals surface area contributed by atoms with Crippen molar-refractivity contribution in [3.63, 3.8) is 0 Å². The van der Waals surface area contributed by atoms with Crippen molar-refractivity contribution in [1.29, 1.82) is 0 Å². The van der Waals surface area contributed by atoms with E-state index in [4.69, 9.17) is 27.9 Å². The van der Waals surface area contributed by atoms with Crippen molar-refractivity contribution in [2.75, 3.05) is 0 Å². The Morgan fingerprint density at radius 1 is 1.45 bits per heavy atom. The molecule has 1 N–H and O–H groups in total. The second-order valence-electron chi connectivity index (χ2n) is 5.55. The molecular formula is C16H16Cl2N2O2. The Morgan fingerprint density at radius 2 is 2.27 bits per heavy atom. The molecule has 0 aliphatic heterocycles. The lowest BCUT2D eigenvalue weighted by Crippen LogP contribution is -2.38. The second kappa shape index (κ2) is 6.31. The zero-order valence-corrected chi connectivity index (χ0v) is 13.6. The Kier molecular flexibility index (Phi) is 4.41. The van der Waals surface area contributed by atoms with E-state index < -0.39 is 6.10 Å². The van der Waals surface area contributed by atoms with Gasteiger partial charge in [0.1, 0.15) is 5.75 Å². The van der Waals surface area contributed by atoms with E-state index in [-0.39, 0.29) is 5.91 Å². The summed E-state index contributed by atoms with van der Waals surface area (Å²) in [6.07, 6.45) is 5.65. The molecule has 0 spiro atoms. The lowest BCUT2D eigenvalue weighted by atomic mass is 9.74. The number of amides is 1. The van der Waals surface area contributed by atoms with Crippen LogP contribution in [0.4, 0.5) is 0 Å². The molecule has 6 heteroatoms. The molecule has 1 saturated carbocycles. The van der Waals surface area contributed by atoms with Gasteiger partial charge in [-0.25, -0.2) is 5.43 Å². The number of benzene rings is 1. The molecule has 22 heavy (non-hydrogen) atoms. The summed E-state index contributed by atoms with van der Waals surface area (Å²) in [6, 6.07) is 4.88. The van der Waals surface area contributed by atoms with Gasteiger partial charge in [0.15, 0.2) is 6.10 Å². The van der Waals surface area contributed by atoms with Gasteiger partial charge in [0.05, 0.1) is 5.02 Å². The smallest absolute Gasteiger partial charge is 0.280 e. The predicted molar refractivity (Wildman–Crippen MR) is 87.5 cm³/mol. The standard InChI is InChI=1S/C16H16Cl2N2O2/c1-9(22-15-6-5-11(17)8-13(15)18)16(21)20-19-14-7-10-3-2-4-12(10)14/h2-3,5-6,8-10,12H,4,7H2,1H3,(H,20,21). The van der Waals surface area contributed by atoms with Gasteiger partial charge in [-0.1, -0.05) is 35.4 Å². The summed E-state index contributed by atoms with van der Waals surface area (Å²) in [5, 5.41) is 5.11.